The average Bonchev–Trinajstić information content (AvgIpc) is 2.82. The van der Waals surface area contributed by atoms with E-state index < -0.39 is 0 Å². The Hall–Kier alpha value is -2.75. The normalized spacial score (nSPS) is 15.6. The van der Waals surface area contributed by atoms with Gasteiger partial charge in [0.1, 0.15) is 5.75 Å². The number of ether oxygens (including phenoxy) is 1. The molecule has 0 atom stereocenters. The Labute approximate surface area is 116 Å². The van der Waals surface area contributed by atoms with Crippen molar-refractivity contribution in [3.05, 3.63) is 59.7 Å². The molecule has 1 aliphatic rings. The Morgan fingerprint density at radius 2 is 1.80 bits per heavy atom. The fourth-order valence-electron chi connectivity index (χ4n) is 2.30. The van der Waals surface area contributed by atoms with Gasteiger partial charge in [-0.1, -0.05) is 18.2 Å². The van der Waals surface area contributed by atoms with Crippen molar-refractivity contribution in [2.24, 2.45) is 5.73 Å². The molecule has 2 aromatic rings. The topological polar surface area (TPSA) is 64.3 Å². The Morgan fingerprint density at radius 3 is 2.50 bits per heavy atom. The summed E-state index contributed by atoms with van der Waals surface area (Å²) in [5, 5.41) is 2.82. The molecule has 0 bridgehead atoms. The van der Waals surface area contributed by atoms with Crippen molar-refractivity contribution < 1.29 is 9.53 Å². The minimum atomic E-state index is -0.167. The fourth-order valence-corrected chi connectivity index (χ4v) is 2.30. The minimum absolute atomic E-state index is 0.167. The van der Waals surface area contributed by atoms with Gasteiger partial charge in [-0.25, -0.2) is 0 Å². The Kier molecular flexibility index (Phi) is 2.91. The SMILES string of the molecule is COc1ccc(/C(N)=C2\C(=O)Nc3ccccc32)cc1. The smallest absolute Gasteiger partial charge is 0.258 e. The molecule has 0 radical (unpaired) electrons. The fraction of sp³-hybridized carbons (Fsp3) is 0.0625. The first-order valence-corrected chi connectivity index (χ1v) is 6.25. The molecule has 2 aromatic carbocycles. The second kappa shape index (κ2) is 4.74. The van der Waals surface area contributed by atoms with Gasteiger partial charge in [-0.3, -0.25) is 4.79 Å². The summed E-state index contributed by atoms with van der Waals surface area (Å²) in [6.07, 6.45) is 0. The maximum Gasteiger partial charge on any atom is 0.258 e. The zero-order valence-electron chi connectivity index (χ0n) is 11.0. The molecule has 0 saturated heterocycles. The van der Waals surface area contributed by atoms with E-state index in [2.05, 4.69) is 5.32 Å². The Bertz CT molecular complexity index is 703. The molecule has 3 N–H and O–H groups in total. The third-order valence-corrected chi connectivity index (χ3v) is 3.34. The van der Waals surface area contributed by atoms with Crippen LogP contribution in [0.25, 0.3) is 11.3 Å². The summed E-state index contributed by atoms with van der Waals surface area (Å²) in [7, 11) is 1.61. The molecule has 4 nitrogen and oxygen atoms in total. The van der Waals surface area contributed by atoms with Crippen molar-refractivity contribution in [2.45, 2.75) is 0 Å². The number of rotatable bonds is 2. The second-order valence-corrected chi connectivity index (χ2v) is 4.52. The van der Waals surface area contributed by atoms with E-state index >= 15 is 0 Å². The van der Waals surface area contributed by atoms with E-state index in [0.29, 0.717) is 11.3 Å². The van der Waals surface area contributed by atoms with Crippen LogP contribution in [0.15, 0.2) is 48.5 Å². The lowest BCUT2D eigenvalue weighted by Gasteiger charge is -2.07. The van der Waals surface area contributed by atoms with Crippen molar-refractivity contribution in [1.29, 1.82) is 0 Å². The highest BCUT2D eigenvalue weighted by molar-refractivity contribution is 6.36. The van der Waals surface area contributed by atoms with Crippen LogP contribution in [0.1, 0.15) is 11.1 Å². The highest BCUT2D eigenvalue weighted by atomic mass is 16.5. The van der Waals surface area contributed by atoms with Crippen molar-refractivity contribution >= 4 is 22.9 Å². The van der Waals surface area contributed by atoms with Crippen LogP contribution in [0.3, 0.4) is 0 Å². The molecule has 0 saturated carbocycles. The van der Waals surface area contributed by atoms with E-state index in [9.17, 15) is 4.79 Å². The minimum Gasteiger partial charge on any atom is -0.497 e. The summed E-state index contributed by atoms with van der Waals surface area (Å²) in [6.45, 7) is 0. The third kappa shape index (κ3) is 1.91. The van der Waals surface area contributed by atoms with Crippen LogP contribution in [-0.4, -0.2) is 13.0 Å². The predicted octanol–water partition coefficient (Wildman–Crippen LogP) is 2.47. The van der Waals surface area contributed by atoms with Gasteiger partial charge in [0.25, 0.3) is 5.91 Å². The summed E-state index contributed by atoms with van der Waals surface area (Å²) in [4.78, 5) is 12.1. The number of carbonyl (C=O) groups is 1. The molecule has 0 aliphatic carbocycles. The van der Waals surface area contributed by atoms with Crippen molar-refractivity contribution in [2.75, 3.05) is 12.4 Å². The number of amides is 1. The summed E-state index contributed by atoms with van der Waals surface area (Å²) in [6, 6.07) is 14.8. The van der Waals surface area contributed by atoms with E-state index in [1.165, 1.54) is 0 Å². The highest BCUT2D eigenvalue weighted by Crippen LogP contribution is 2.35. The van der Waals surface area contributed by atoms with Crippen LogP contribution >= 0.6 is 0 Å². The molecule has 1 aliphatic heterocycles. The lowest BCUT2D eigenvalue weighted by molar-refractivity contribution is -0.110. The van der Waals surface area contributed by atoms with Gasteiger partial charge in [0.2, 0.25) is 0 Å². The standard InChI is InChI=1S/C16H14N2O2/c1-20-11-8-6-10(7-9-11)15(17)14-12-4-2-3-5-13(12)18-16(14)19/h2-9H,17H2,1H3,(H,18,19)/b15-14+. The number of fused-ring (bicyclic) bond motifs is 1. The van der Waals surface area contributed by atoms with Crippen LogP contribution in [0.4, 0.5) is 5.69 Å². The maximum absolute atomic E-state index is 12.1. The average molecular weight is 266 g/mol. The number of hydrogen-bond acceptors (Lipinski definition) is 3. The predicted molar refractivity (Wildman–Crippen MR) is 79.1 cm³/mol. The molecular formula is C16H14N2O2. The summed E-state index contributed by atoms with van der Waals surface area (Å²) >= 11 is 0. The first-order valence-electron chi connectivity index (χ1n) is 6.25. The number of carbonyl (C=O) groups excluding carboxylic acids is 1. The number of methoxy groups -OCH3 is 1. The van der Waals surface area contributed by atoms with Gasteiger partial charge >= 0.3 is 0 Å². The van der Waals surface area contributed by atoms with E-state index in [1.807, 2.05) is 48.5 Å². The van der Waals surface area contributed by atoms with Crippen LogP contribution in [0, 0.1) is 0 Å². The molecule has 4 heteroatoms. The largest absolute Gasteiger partial charge is 0.497 e. The van der Waals surface area contributed by atoms with Crippen LogP contribution in [0.5, 0.6) is 5.75 Å². The lowest BCUT2D eigenvalue weighted by Crippen LogP contribution is -2.09. The van der Waals surface area contributed by atoms with Gasteiger partial charge in [-0.2, -0.15) is 0 Å². The van der Waals surface area contributed by atoms with Gasteiger partial charge in [-0.15, -0.1) is 0 Å². The Morgan fingerprint density at radius 1 is 1.10 bits per heavy atom. The number of hydrogen-bond donors (Lipinski definition) is 2. The molecule has 0 unspecified atom stereocenters. The summed E-state index contributed by atoms with van der Waals surface area (Å²) in [5.41, 5.74) is 9.59. The molecule has 3 rings (SSSR count). The first-order chi connectivity index (χ1) is 9.70. The molecule has 0 aromatic heterocycles. The van der Waals surface area contributed by atoms with E-state index in [0.717, 1.165) is 22.6 Å². The van der Waals surface area contributed by atoms with E-state index in [1.54, 1.807) is 7.11 Å². The summed E-state index contributed by atoms with van der Waals surface area (Å²) in [5.74, 6) is 0.586. The molecular weight excluding hydrogens is 252 g/mol. The van der Waals surface area contributed by atoms with Crippen molar-refractivity contribution in [3.8, 4) is 5.75 Å². The highest BCUT2D eigenvalue weighted by Gasteiger charge is 2.26. The molecule has 100 valence electrons. The number of nitrogens with two attached hydrogens (primary N) is 1. The molecule has 20 heavy (non-hydrogen) atoms. The number of benzene rings is 2. The number of para-hydroxylation sites is 1. The quantitative estimate of drug-likeness (QED) is 0.821. The van der Waals surface area contributed by atoms with Crippen LogP contribution < -0.4 is 15.8 Å². The van der Waals surface area contributed by atoms with E-state index in [4.69, 9.17) is 10.5 Å². The zero-order chi connectivity index (χ0) is 14.1. The zero-order valence-corrected chi connectivity index (χ0v) is 11.0. The molecule has 0 fully saturated rings. The molecule has 1 heterocycles. The van der Waals surface area contributed by atoms with Crippen molar-refractivity contribution in [3.63, 3.8) is 0 Å². The van der Waals surface area contributed by atoms with Crippen molar-refractivity contribution in [1.82, 2.24) is 0 Å². The first kappa shape index (κ1) is 12.3. The number of nitrogens with one attached hydrogen (secondary N) is 1. The van der Waals surface area contributed by atoms with Gasteiger partial charge in [0, 0.05) is 11.3 Å². The lowest BCUT2D eigenvalue weighted by atomic mass is 10.0. The second-order valence-electron chi connectivity index (χ2n) is 4.52. The third-order valence-electron chi connectivity index (χ3n) is 3.34. The van der Waals surface area contributed by atoms with Gasteiger partial charge < -0.3 is 15.8 Å². The van der Waals surface area contributed by atoms with E-state index in [-0.39, 0.29) is 5.91 Å². The van der Waals surface area contributed by atoms with Gasteiger partial charge in [-0.05, 0) is 35.9 Å². The van der Waals surface area contributed by atoms with Crippen LogP contribution in [0.2, 0.25) is 0 Å². The summed E-state index contributed by atoms with van der Waals surface area (Å²) < 4.78 is 5.12. The molecule has 1 amide bonds. The molecule has 0 spiro atoms. The van der Waals surface area contributed by atoms with Gasteiger partial charge in [0.15, 0.2) is 0 Å². The Balaban J connectivity index is 2.11. The van der Waals surface area contributed by atoms with Gasteiger partial charge in [0.05, 0.1) is 18.4 Å². The van der Waals surface area contributed by atoms with Crippen LogP contribution in [-0.2, 0) is 4.79 Å². The maximum atomic E-state index is 12.1. The number of anilines is 1. The monoisotopic (exact) mass is 266 g/mol.